The zero-order valence-electron chi connectivity index (χ0n) is 70.0. The Morgan fingerprint density at radius 2 is 0.550 bits per heavy atom. The van der Waals surface area contributed by atoms with Gasteiger partial charge in [-0.2, -0.15) is 9.97 Å². The first-order chi connectivity index (χ1) is 65.0. The lowest BCUT2D eigenvalue weighted by atomic mass is 9.93. The number of pyridine rings is 3. The highest BCUT2D eigenvalue weighted by atomic mass is 15.2. The second kappa shape index (κ2) is 29.3. The smallest absolute Gasteiger partial charge is 0.238 e. The summed E-state index contributed by atoms with van der Waals surface area (Å²) in [6.45, 7) is 0. The van der Waals surface area contributed by atoms with Crippen molar-refractivity contribution in [1.82, 2.24) is 68.5 Å². The van der Waals surface area contributed by atoms with Crippen LogP contribution in [0.3, 0.4) is 0 Å². The standard InChI is InChI=1S/C46H27N5.C36H21N5.C35H20N4/c1-3-12-29(13-4-1)44-48-45(30-14-5-2-6-15-30)50-46(49-44)32-17-9-19-33(26-32)51-38-24-23-28-16-10-22-36-34-20-7-8-21-35(34)37-27-31-18-11-25-47-42(31)43(51)40(37)41(38)39(28)36;1-3-10-23(11-4-1)34-38-35(24-12-5-2-6-13-24)40-36(39-34)41-28-18-8-16-27-31(28)32-29(41)20-19-22-14-7-15-25(30(22)32)26-17-9-21-37-33(26)27;1-2-9-22(10-3-1)33-35(38-27-16-5-4-15-26(27)37-33)39-28-17-7-13-25-31(28)32-29(39)19-18-21-11-6-12-23(30(21)32)24-14-8-20-36-34(24)25/h1-27H;1-21H;1-20H. The molecule has 0 amide bonds. The van der Waals surface area contributed by atoms with Crippen LogP contribution in [0.15, 0.2) is 413 Å². The van der Waals surface area contributed by atoms with E-state index in [9.17, 15) is 0 Å². The van der Waals surface area contributed by atoms with Crippen molar-refractivity contribution < 1.29 is 0 Å². The average Bonchev–Trinajstić information content (AvgIpc) is 1.53. The molecule has 9 aromatic heterocycles. The van der Waals surface area contributed by atoms with Gasteiger partial charge in [-0.25, -0.2) is 29.9 Å². The molecular formula is C117H68N14. The van der Waals surface area contributed by atoms with E-state index in [-0.39, 0.29) is 0 Å². The van der Waals surface area contributed by atoms with Gasteiger partial charge < -0.3 is 4.57 Å². The van der Waals surface area contributed by atoms with E-state index in [1.54, 1.807) is 0 Å². The number of nitrogens with zero attached hydrogens (tertiary/aromatic N) is 14. The Morgan fingerprint density at radius 1 is 0.183 bits per heavy atom. The number of para-hydroxylation sites is 2. The summed E-state index contributed by atoms with van der Waals surface area (Å²) in [5, 5.41) is 15.8. The molecule has 606 valence electrons. The van der Waals surface area contributed by atoms with Gasteiger partial charge in [0.1, 0.15) is 5.69 Å². The Bertz CT molecular complexity index is 9180. The fraction of sp³-hybridized carbons (Fsp3) is 0. The van der Waals surface area contributed by atoms with E-state index in [0.29, 0.717) is 35.1 Å². The molecule has 9 heterocycles. The predicted molar refractivity (Wildman–Crippen MR) is 532 cm³/mol. The Kier molecular flexibility index (Phi) is 16.4. The molecule has 0 unspecified atom stereocenters. The molecule has 14 heteroatoms. The lowest BCUT2D eigenvalue weighted by Gasteiger charge is -2.15. The van der Waals surface area contributed by atoms with Crippen molar-refractivity contribution >= 4 is 120 Å². The Morgan fingerprint density at radius 3 is 1.08 bits per heavy atom. The summed E-state index contributed by atoms with van der Waals surface area (Å²) in [5.74, 6) is 4.60. The third kappa shape index (κ3) is 11.4. The molecule has 0 aliphatic heterocycles. The van der Waals surface area contributed by atoms with E-state index in [4.69, 9.17) is 54.8 Å². The molecule has 0 bridgehead atoms. The molecule has 0 N–H and O–H groups in total. The number of benzene rings is 17. The highest BCUT2D eigenvalue weighted by Crippen LogP contribution is 2.55. The SMILES string of the molecule is c1ccc(-c2nc(-c3ccccc3)nc(-c3cccc(-n4c5ccc6cccc7c6c5c5c(cc6cccnc6c54)-c4ccccc4-7)c3)n2)cc1.c1ccc(-c2nc(-c3ccccc3)nc(-n3c4cccc5c4c4c6c(cccc6ccc43)-c3cccnc3-5)n2)cc1.c1ccc(-c2nc3ccccc3nc2-n2c3cccc4c3c3c5c(cccc5ccc32)-c2cccnc2-4)cc1. The molecule has 0 fully saturated rings. The summed E-state index contributed by atoms with van der Waals surface area (Å²) in [5.41, 5.74) is 30.9. The van der Waals surface area contributed by atoms with Crippen molar-refractivity contribution in [2.75, 3.05) is 0 Å². The van der Waals surface area contributed by atoms with Crippen LogP contribution in [-0.2, 0) is 0 Å². The highest BCUT2D eigenvalue weighted by molar-refractivity contribution is 6.35. The van der Waals surface area contributed by atoms with E-state index in [1.165, 1.54) is 104 Å². The Hall–Kier alpha value is -18.0. The van der Waals surface area contributed by atoms with Crippen molar-refractivity contribution in [2.45, 2.75) is 0 Å². The van der Waals surface area contributed by atoms with Crippen LogP contribution in [0.25, 0.3) is 272 Å². The Labute approximate surface area is 748 Å². The van der Waals surface area contributed by atoms with Crippen LogP contribution in [0.5, 0.6) is 0 Å². The molecule has 3 aliphatic carbocycles. The highest BCUT2D eigenvalue weighted by Gasteiger charge is 2.32. The summed E-state index contributed by atoms with van der Waals surface area (Å²) in [6, 6.07) is 137. The van der Waals surface area contributed by atoms with Crippen LogP contribution >= 0.6 is 0 Å². The van der Waals surface area contributed by atoms with E-state index >= 15 is 0 Å². The van der Waals surface area contributed by atoms with Gasteiger partial charge in [0.2, 0.25) is 5.95 Å². The number of hydrogen-bond donors (Lipinski definition) is 0. The maximum atomic E-state index is 5.27. The minimum Gasteiger partial charge on any atom is -0.307 e. The van der Waals surface area contributed by atoms with E-state index in [0.717, 1.165) is 134 Å². The first-order valence-corrected chi connectivity index (χ1v) is 44.0. The molecule has 17 aromatic carbocycles. The van der Waals surface area contributed by atoms with Crippen LogP contribution in [0, 0.1) is 0 Å². The van der Waals surface area contributed by atoms with E-state index in [1.807, 2.05) is 188 Å². The molecule has 0 atom stereocenters. The lowest BCUT2D eigenvalue weighted by Crippen LogP contribution is -2.06. The molecule has 3 aliphatic rings. The topological polar surface area (TPSA) is 157 Å². The van der Waals surface area contributed by atoms with Gasteiger partial charge in [0.05, 0.1) is 61.0 Å². The average molecular weight is 1670 g/mol. The second-order valence-corrected chi connectivity index (χ2v) is 33.4. The van der Waals surface area contributed by atoms with Crippen molar-refractivity contribution in [3.05, 3.63) is 413 Å². The van der Waals surface area contributed by atoms with Gasteiger partial charge in [0, 0.05) is 118 Å². The maximum Gasteiger partial charge on any atom is 0.238 e. The van der Waals surface area contributed by atoms with Crippen LogP contribution in [-0.4, -0.2) is 68.5 Å². The van der Waals surface area contributed by atoms with Gasteiger partial charge in [0.25, 0.3) is 0 Å². The van der Waals surface area contributed by atoms with Gasteiger partial charge in [-0.15, -0.1) is 0 Å². The first kappa shape index (κ1) is 73.4. The van der Waals surface area contributed by atoms with Crippen molar-refractivity contribution in [1.29, 1.82) is 0 Å². The molecular weight excluding hydrogens is 1600 g/mol. The quantitative estimate of drug-likeness (QED) is 0.135. The Balaban J connectivity index is 0.000000102. The third-order valence-corrected chi connectivity index (χ3v) is 26.2. The molecule has 14 nitrogen and oxygen atoms in total. The molecule has 0 radical (unpaired) electrons. The summed E-state index contributed by atoms with van der Waals surface area (Å²) in [4.78, 5) is 55.4. The number of fused-ring (bicyclic) bond motifs is 12. The predicted octanol–water partition coefficient (Wildman–Crippen LogP) is 28.4. The minimum absolute atomic E-state index is 0.591. The maximum absolute atomic E-state index is 5.27. The first-order valence-electron chi connectivity index (χ1n) is 44.0. The van der Waals surface area contributed by atoms with Crippen molar-refractivity contribution in [3.63, 3.8) is 0 Å². The van der Waals surface area contributed by atoms with Crippen LogP contribution in [0.4, 0.5) is 0 Å². The molecule has 131 heavy (non-hydrogen) atoms. The molecule has 26 aromatic rings. The van der Waals surface area contributed by atoms with Crippen molar-refractivity contribution in [3.8, 4) is 153 Å². The van der Waals surface area contributed by atoms with E-state index < -0.39 is 0 Å². The summed E-state index contributed by atoms with van der Waals surface area (Å²) >= 11 is 0. The normalized spacial score (nSPS) is 12.0. The van der Waals surface area contributed by atoms with Crippen LogP contribution < -0.4 is 0 Å². The van der Waals surface area contributed by atoms with Crippen LogP contribution in [0.2, 0.25) is 0 Å². The number of hydrogen-bond acceptors (Lipinski definition) is 11. The fourth-order valence-corrected chi connectivity index (χ4v) is 20.6. The fourth-order valence-electron chi connectivity index (χ4n) is 20.6. The zero-order valence-corrected chi connectivity index (χ0v) is 70.0. The van der Waals surface area contributed by atoms with Crippen molar-refractivity contribution in [2.24, 2.45) is 0 Å². The van der Waals surface area contributed by atoms with E-state index in [2.05, 4.69) is 238 Å². The molecule has 0 saturated heterocycles. The number of aromatic nitrogens is 14. The number of rotatable bonds is 9. The minimum atomic E-state index is 0.591. The monoisotopic (exact) mass is 1670 g/mol. The third-order valence-electron chi connectivity index (χ3n) is 26.2. The van der Waals surface area contributed by atoms with Crippen LogP contribution in [0.1, 0.15) is 0 Å². The molecule has 0 saturated carbocycles. The van der Waals surface area contributed by atoms with Gasteiger partial charge in [-0.1, -0.05) is 315 Å². The summed E-state index contributed by atoms with van der Waals surface area (Å²) in [6.07, 6.45) is 5.68. The zero-order chi connectivity index (χ0) is 85.9. The van der Waals surface area contributed by atoms with Gasteiger partial charge >= 0.3 is 0 Å². The largest absolute Gasteiger partial charge is 0.307 e. The summed E-state index contributed by atoms with van der Waals surface area (Å²) in [7, 11) is 0. The lowest BCUT2D eigenvalue weighted by molar-refractivity contribution is 0.953. The summed E-state index contributed by atoms with van der Waals surface area (Å²) < 4.78 is 6.90. The van der Waals surface area contributed by atoms with Gasteiger partial charge in [0.15, 0.2) is 34.9 Å². The molecule has 29 rings (SSSR count). The molecule has 0 spiro atoms. The van der Waals surface area contributed by atoms with Gasteiger partial charge in [-0.3, -0.25) is 24.1 Å². The van der Waals surface area contributed by atoms with Gasteiger partial charge in [-0.05, 0) is 145 Å². The second-order valence-electron chi connectivity index (χ2n) is 33.4.